The molecule has 3 unspecified atom stereocenters. The first-order valence-electron chi connectivity index (χ1n) is 8.45. The highest BCUT2D eigenvalue weighted by molar-refractivity contribution is 5.81. The first-order chi connectivity index (χ1) is 10.2. The van der Waals surface area contributed by atoms with E-state index in [1.165, 1.54) is 6.42 Å². The second kappa shape index (κ2) is 6.24. The summed E-state index contributed by atoms with van der Waals surface area (Å²) < 4.78 is 5.64. The minimum atomic E-state index is -0.309. The van der Waals surface area contributed by atoms with Crippen molar-refractivity contribution < 1.29 is 14.3 Å². The van der Waals surface area contributed by atoms with E-state index in [2.05, 4.69) is 17.1 Å². The van der Waals surface area contributed by atoms with Crippen molar-refractivity contribution in [2.75, 3.05) is 13.1 Å². The van der Waals surface area contributed by atoms with Crippen molar-refractivity contribution in [3.8, 4) is 0 Å². The number of nitrogens with zero attached hydrogens (tertiary/aromatic N) is 1. The van der Waals surface area contributed by atoms with Crippen LogP contribution in [0.4, 0.5) is 4.79 Å². The zero-order valence-corrected chi connectivity index (χ0v) is 12.8. The van der Waals surface area contributed by atoms with Gasteiger partial charge < -0.3 is 15.0 Å². The summed E-state index contributed by atoms with van der Waals surface area (Å²) in [6.45, 7) is 3.66. The average molecular weight is 294 g/mol. The van der Waals surface area contributed by atoms with Gasteiger partial charge in [-0.1, -0.05) is 13.3 Å². The molecule has 1 aliphatic carbocycles. The summed E-state index contributed by atoms with van der Waals surface area (Å²) >= 11 is 0. The molecule has 4 atom stereocenters. The van der Waals surface area contributed by atoms with Gasteiger partial charge in [-0.15, -0.1) is 0 Å². The van der Waals surface area contributed by atoms with Crippen LogP contribution in [0.2, 0.25) is 0 Å². The lowest BCUT2D eigenvalue weighted by Crippen LogP contribution is -2.53. The summed E-state index contributed by atoms with van der Waals surface area (Å²) in [5.74, 6) is 0.733. The van der Waals surface area contributed by atoms with Crippen LogP contribution < -0.4 is 5.32 Å². The highest BCUT2D eigenvalue weighted by atomic mass is 16.6. The molecule has 5 nitrogen and oxygen atoms in total. The van der Waals surface area contributed by atoms with E-state index in [-0.39, 0.29) is 18.1 Å². The van der Waals surface area contributed by atoms with Crippen LogP contribution in [0.1, 0.15) is 51.9 Å². The fourth-order valence-electron chi connectivity index (χ4n) is 4.23. The summed E-state index contributed by atoms with van der Waals surface area (Å²) in [6.07, 6.45) is 6.64. The Kier molecular flexibility index (Phi) is 4.36. The number of ether oxygens (including phenoxy) is 1. The molecule has 0 aromatic heterocycles. The number of hydrogen-bond donors (Lipinski definition) is 1. The van der Waals surface area contributed by atoms with Crippen LogP contribution in [0.5, 0.6) is 0 Å². The fraction of sp³-hybridized carbons (Fsp3) is 0.875. The van der Waals surface area contributed by atoms with E-state index >= 15 is 0 Å². The van der Waals surface area contributed by atoms with Crippen LogP contribution in [0.3, 0.4) is 0 Å². The topological polar surface area (TPSA) is 58.6 Å². The van der Waals surface area contributed by atoms with E-state index in [4.69, 9.17) is 4.74 Å². The molecule has 1 saturated carbocycles. The maximum absolute atomic E-state index is 12.4. The predicted octanol–water partition coefficient (Wildman–Crippen LogP) is 2.30. The third-order valence-corrected chi connectivity index (χ3v) is 5.28. The molecule has 2 aliphatic heterocycles. The number of alkyl carbamates (subject to hydrolysis) is 1. The molecule has 2 heterocycles. The lowest BCUT2D eigenvalue weighted by molar-refractivity contribution is -0.143. The number of amides is 2. The van der Waals surface area contributed by atoms with Crippen molar-refractivity contribution in [3.63, 3.8) is 0 Å². The third kappa shape index (κ3) is 2.87. The number of nitrogens with one attached hydrogen (secondary N) is 1. The largest absolute Gasteiger partial charge is 0.446 e. The third-order valence-electron chi connectivity index (χ3n) is 5.28. The Morgan fingerprint density at radius 3 is 3.05 bits per heavy atom. The van der Waals surface area contributed by atoms with Gasteiger partial charge in [-0.05, 0) is 38.5 Å². The van der Waals surface area contributed by atoms with Gasteiger partial charge in [-0.2, -0.15) is 0 Å². The maximum atomic E-state index is 12.4. The summed E-state index contributed by atoms with van der Waals surface area (Å²) in [6, 6.07) is 0.304. The molecule has 118 valence electrons. The molecule has 3 rings (SSSR count). The molecule has 5 heteroatoms. The Labute approximate surface area is 126 Å². The molecular formula is C16H26N2O3. The smallest absolute Gasteiger partial charge is 0.407 e. The minimum Gasteiger partial charge on any atom is -0.446 e. The number of rotatable bonds is 4. The average Bonchev–Trinajstić information content (AvgIpc) is 2.86. The highest BCUT2D eigenvalue weighted by Gasteiger charge is 2.52. The van der Waals surface area contributed by atoms with E-state index < -0.39 is 0 Å². The maximum Gasteiger partial charge on any atom is 0.407 e. The Balaban J connectivity index is 1.60. The predicted molar refractivity (Wildman–Crippen MR) is 78.7 cm³/mol. The molecule has 3 fully saturated rings. The Morgan fingerprint density at radius 1 is 1.38 bits per heavy atom. The normalized spacial score (nSPS) is 34.5. The Bertz CT molecular complexity index is 412. The molecule has 0 aromatic carbocycles. The molecule has 1 N–H and O–H groups in total. The molecule has 0 aromatic rings. The summed E-state index contributed by atoms with van der Waals surface area (Å²) in [5.41, 5.74) is 0. The number of fused-ring (bicyclic) bond motifs is 4. The Hall–Kier alpha value is -1.26. The second-order valence-corrected chi connectivity index (χ2v) is 6.65. The lowest BCUT2D eigenvalue weighted by atomic mass is 9.84. The van der Waals surface area contributed by atoms with Gasteiger partial charge in [0.05, 0.1) is 0 Å². The second-order valence-electron chi connectivity index (χ2n) is 6.65. The number of carbonyl (C=O) groups is 2. The van der Waals surface area contributed by atoms with Crippen LogP contribution in [0, 0.1) is 11.8 Å². The van der Waals surface area contributed by atoms with Crippen molar-refractivity contribution >= 4 is 12.0 Å². The van der Waals surface area contributed by atoms with Crippen molar-refractivity contribution in [2.24, 2.45) is 11.8 Å². The molecule has 2 saturated heterocycles. The van der Waals surface area contributed by atoms with Crippen molar-refractivity contribution in [1.82, 2.24) is 10.2 Å². The fourth-order valence-corrected chi connectivity index (χ4v) is 4.23. The molecule has 2 bridgehead atoms. The number of carbonyl (C=O) groups excluding carboxylic acids is 2. The Morgan fingerprint density at radius 2 is 2.24 bits per heavy atom. The molecule has 0 spiro atoms. The first-order valence-corrected chi connectivity index (χ1v) is 8.45. The lowest BCUT2D eigenvalue weighted by Gasteiger charge is -2.43. The molecule has 3 aliphatic rings. The summed E-state index contributed by atoms with van der Waals surface area (Å²) in [7, 11) is 0. The van der Waals surface area contributed by atoms with Gasteiger partial charge in [0.1, 0.15) is 6.10 Å². The summed E-state index contributed by atoms with van der Waals surface area (Å²) in [4.78, 5) is 26.4. The number of hydrogen-bond acceptors (Lipinski definition) is 3. The van der Waals surface area contributed by atoms with Gasteiger partial charge in [0, 0.05) is 31.0 Å². The van der Waals surface area contributed by atoms with Crippen LogP contribution in [0.15, 0.2) is 0 Å². The van der Waals surface area contributed by atoms with Gasteiger partial charge in [0.25, 0.3) is 0 Å². The van der Waals surface area contributed by atoms with Gasteiger partial charge in [0.15, 0.2) is 0 Å². The van der Waals surface area contributed by atoms with E-state index in [1.54, 1.807) is 0 Å². The standard InChI is InChI=1S/C16H26N2O3/c1-2-3-7-17-16(20)21-14-10-11-9-12(14)13-6-4-5-8-18(13)15(11)19/h11-14H,2-10H2,1H3,(H,17,20)/t11?,12?,13-,14?/m1/s1. The minimum absolute atomic E-state index is 0.0753. The van der Waals surface area contributed by atoms with E-state index in [0.717, 1.165) is 45.1 Å². The van der Waals surface area contributed by atoms with Crippen molar-refractivity contribution in [2.45, 2.75) is 64.0 Å². The monoisotopic (exact) mass is 294 g/mol. The SMILES string of the molecule is CCCCNC(=O)OC1CC2CC1[C@H]1CCCCN1C2=O. The molecule has 21 heavy (non-hydrogen) atoms. The van der Waals surface area contributed by atoms with Crippen LogP contribution >= 0.6 is 0 Å². The summed E-state index contributed by atoms with van der Waals surface area (Å²) in [5, 5.41) is 2.81. The van der Waals surface area contributed by atoms with Gasteiger partial charge >= 0.3 is 6.09 Å². The molecule has 2 amide bonds. The van der Waals surface area contributed by atoms with Gasteiger partial charge in [-0.25, -0.2) is 4.79 Å². The van der Waals surface area contributed by atoms with E-state index in [1.807, 2.05) is 0 Å². The quantitative estimate of drug-likeness (QED) is 0.809. The van der Waals surface area contributed by atoms with Crippen LogP contribution in [-0.2, 0) is 9.53 Å². The number of piperidine rings is 2. The van der Waals surface area contributed by atoms with Crippen molar-refractivity contribution in [3.05, 3.63) is 0 Å². The van der Waals surface area contributed by atoms with Crippen LogP contribution in [0.25, 0.3) is 0 Å². The zero-order valence-electron chi connectivity index (χ0n) is 12.8. The highest BCUT2D eigenvalue weighted by Crippen LogP contribution is 2.45. The van der Waals surface area contributed by atoms with Crippen LogP contribution in [-0.4, -0.2) is 42.1 Å². The molecular weight excluding hydrogens is 268 g/mol. The molecule has 0 radical (unpaired) electrons. The number of unbranched alkanes of at least 4 members (excludes halogenated alkanes) is 1. The van der Waals surface area contributed by atoms with Gasteiger partial charge in [0.2, 0.25) is 5.91 Å². The van der Waals surface area contributed by atoms with Crippen molar-refractivity contribution in [1.29, 1.82) is 0 Å². The first kappa shape index (κ1) is 14.7. The van der Waals surface area contributed by atoms with E-state index in [0.29, 0.717) is 24.4 Å². The zero-order chi connectivity index (χ0) is 14.8. The van der Waals surface area contributed by atoms with E-state index in [9.17, 15) is 9.59 Å². The van der Waals surface area contributed by atoms with Gasteiger partial charge in [-0.3, -0.25) is 4.79 Å².